The molecule has 4 heterocycles. The van der Waals surface area contributed by atoms with Gasteiger partial charge in [-0.05, 0) is 61.7 Å². The van der Waals surface area contributed by atoms with Crippen molar-refractivity contribution in [3.63, 3.8) is 0 Å². The van der Waals surface area contributed by atoms with E-state index < -0.39 is 23.8 Å². The molecule has 2 aliphatic heterocycles. The molecule has 2 aromatic carbocycles. The highest BCUT2D eigenvalue weighted by Crippen LogP contribution is 2.27. The second-order valence-corrected chi connectivity index (χ2v) is 10.8. The van der Waals surface area contributed by atoms with E-state index in [1.807, 2.05) is 0 Å². The van der Waals surface area contributed by atoms with Crippen molar-refractivity contribution in [2.45, 2.75) is 57.6 Å². The highest BCUT2D eigenvalue weighted by atomic mass is 19.3. The second-order valence-electron chi connectivity index (χ2n) is 10.8. The number of halogens is 3. The molecule has 0 amide bonds. The Bertz CT molecular complexity index is 1600. The van der Waals surface area contributed by atoms with Crippen molar-refractivity contribution in [2.75, 3.05) is 19.7 Å². The number of rotatable bonds is 11. The van der Waals surface area contributed by atoms with Crippen molar-refractivity contribution < 1.29 is 37.3 Å². The van der Waals surface area contributed by atoms with Gasteiger partial charge in [0.15, 0.2) is 11.6 Å². The summed E-state index contributed by atoms with van der Waals surface area (Å²) in [4.78, 5) is 23.0. The van der Waals surface area contributed by atoms with Gasteiger partial charge in [-0.15, -0.1) is 0 Å². The summed E-state index contributed by atoms with van der Waals surface area (Å²) >= 11 is 0. The third-order valence-electron chi connectivity index (χ3n) is 7.83. The predicted octanol–water partition coefficient (Wildman–Crippen LogP) is 5.62. The lowest BCUT2D eigenvalue weighted by atomic mass is 10.1. The van der Waals surface area contributed by atoms with Crippen molar-refractivity contribution >= 4 is 17.0 Å². The Morgan fingerprint density at radius 1 is 1.09 bits per heavy atom. The molecule has 0 bridgehead atoms. The van der Waals surface area contributed by atoms with Gasteiger partial charge in [0.05, 0.1) is 41.5 Å². The van der Waals surface area contributed by atoms with E-state index in [1.165, 1.54) is 6.07 Å². The van der Waals surface area contributed by atoms with E-state index in [0.717, 1.165) is 67.9 Å². The number of fused-ring (bicyclic) bond motifs is 1. The Labute approximate surface area is 245 Å². The molecule has 6 rings (SSSR count). The molecule has 0 saturated carbocycles. The van der Waals surface area contributed by atoms with Crippen LogP contribution in [0.25, 0.3) is 11.0 Å². The summed E-state index contributed by atoms with van der Waals surface area (Å²) in [6.07, 6.45) is 1.49. The third kappa shape index (κ3) is 6.75. The van der Waals surface area contributed by atoms with Crippen LogP contribution in [0, 0.1) is 5.82 Å². The van der Waals surface area contributed by atoms with Crippen LogP contribution in [-0.2, 0) is 24.4 Å². The lowest BCUT2D eigenvalue weighted by Gasteiger charge is -2.32. The van der Waals surface area contributed by atoms with Gasteiger partial charge in [-0.2, -0.15) is 0 Å². The van der Waals surface area contributed by atoms with Crippen molar-refractivity contribution in [3.05, 3.63) is 83.2 Å². The van der Waals surface area contributed by atoms with E-state index in [1.54, 1.807) is 36.5 Å². The number of hydrogen-bond acceptors (Lipinski definition) is 7. The lowest BCUT2D eigenvalue weighted by molar-refractivity contribution is -0.0592. The van der Waals surface area contributed by atoms with Crippen LogP contribution in [0.15, 0.2) is 54.7 Å². The summed E-state index contributed by atoms with van der Waals surface area (Å²) in [6.45, 7) is 3.55. The fourth-order valence-corrected chi connectivity index (χ4v) is 5.37. The number of nitrogens with zero attached hydrogens (tertiary/aromatic N) is 4. The second kappa shape index (κ2) is 12.6. The van der Waals surface area contributed by atoms with E-state index >= 15 is 0 Å². The van der Waals surface area contributed by atoms with Gasteiger partial charge in [-0.1, -0.05) is 0 Å². The average molecular weight is 597 g/mol. The highest BCUT2D eigenvalue weighted by Gasteiger charge is 2.26. The fourth-order valence-electron chi connectivity index (χ4n) is 5.37. The number of carboxylic acids is 1. The molecule has 0 aliphatic carbocycles. The SMILES string of the molecule is O=C(O)c1ccc2nc(CN3CCC(Oc4ccnc(COc5ccc(C(F)F)cc5F)c4)CC3)n(CC3CCO3)c2c1. The zero-order valence-electron chi connectivity index (χ0n) is 23.3. The van der Waals surface area contributed by atoms with Gasteiger partial charge in [0.2, 0.25) is 0 Å². The van der Waals surface area contributed by atoms with Crippen LogP contribution in [0.1, 0.15) is 53.1 Å². The number of likely N-dealkylation sites (tertiary alicyclic amines) is 1. The monoisotopic (exact) mass is 596 g/mol. The molecule has 226 valence electrons. The minimum atomic E-state index is -2.75. The predicted molar refractivity (Wildman–Crippen MR) is 150 cm³/mol. The maximum atomic E-state index is 14.1. The number of alkyl halides is 2. The minimum Gasteiger partial charge on any atom is -0.490 e. The molecule has 9 nitrogen and oxygen atoms in total. The standard InChI is InChI=1S/C31H31F3N4O5/c32-25-13-19(30(33)34)2-4-28(25)42-18-21-15-23(5-9-35-21)43-22-6-10-37(11-7-22)17-29-36-26-3-1-20(31(39)40)14-27(26)38(29)16-24-8-12-41-24/h1-5,9,13-15,22,24,30H,6-8,10-12,16-18H2,(H,39,40). The molecular weight excluding hydrogens is 565 g/mol. The molecule has 2 fully saturated rings. The van der Waals surface area contributed by atoms with E-state index in [2.05, 4.69) is 14.5 Å². The Morgan fingerprint density at radius 3 is 2.60 bits per heavy atom. The quantitative estimate of drug-likeness (QED) is 0.238. The maximum Gasteiger partial charge on any atom is 0.335 e. The van der Waals surface area contributed by atoms with Crippen LogP contribution in [-0.4, -0.2) is 62.4 Å². The minimum absolute atomic E-state index is 0.00734. The molecule has 1 N–H and O–H groups in total. The Kier molecular flexibility index (Phi) is 8.48. The van der Waals surface area contributed by atoms with Crippen molar-refractivity contribution in [1.82, 2.24) is 19.4 Å². The maximum absolute atomic E-state index is 14.1. The van der Waals surface area contributed by atoms with Crippen LogP contribution in [0.3, 0.4) is 0 Å². The van der Waals surface area contributed by atoms with Crippen LogP contribution in [0.2, 0.25) is 0 Å². The number of carbonyl (C=O) groups is 1. The molecule has 1 unspecified atom stereocenters. The number of carboxylic acid groups (broad SMARTS) is 1. The number of pyridine rings is 1. The van der Waals surface area contributed by atoms with E-state index in [4.69, 9.17) is 19.2 Å². The molecule has 0 spiro atoms. The molecule has 43 heavy (non-hydrogen) atoms. The number of aromatic carboxylic acids is 1. The smallest absolute Gasteiger partial charge is 0.335 e. The molecule has 2 aliphatic rings. The number of aromatic nitrogens is 3. The number of benzene rings is 2. The summed E-state index contributed by atoms with van der Waals surface area (Å²) in [5, 5.41) is 9.48. The molecule has 4 aromatic rings. The number of ether oxygens (including phenoxy) is 3. The van der Waals surface area contributed by atoms with Crippen LogP contribution >= 0.6 is 0 Å². The molecule has 1 atom stereocenters. The molecular formula is C31H31F3N4O5. The topological polar surface area (TPSA) is 98.9 Å². The van der Waals surface area contributed by atoms with Gasteiger partial charge in [0.1, 0.15) is 24.3 Å². The van der Waals surface area contributed by atoms with Crippen molar-refractivity contribution in [3.8, 4) is 11.5 Å². The molecule has 0 radical (unpaired) electrons. The van der Waals surface area contributed by atoms with E-state index in [9.17, 15) is 23.1 Å². The first-order chi connectivity index (χ1) is 20.8. The lowest BCUT2D eigenvalue weighted by Crippen LogP contribution is -2.39. The van der Waals surface area contributed by atoms with Gasteiger partial charge in [-0.3, -0.25) is 9.88 Å². The van der Waals surface area contributed by atoms with Gasteiger partial charge in [0, 0.05) is 37.5 Å². The summed E-state index contributed by atoms with van der Waals surface area (Å²) in [5.74, 6) is -0.443. The van der Waals surface area contributed by atoms with Crippen molar-refractivity contribution in [1.29, 1.82) is 0 Å². The average Bonchev–Trinajstić information content (AvgIpc) is 3.31. The van der Waals surface area contributed by atoms with Gasteiger partial charge >= 0.3 is 5.97 Å². The first-order valence-electron chi connectivity index (χ1n) is 14.2. The summed E-state index contributed by atoms with van der Waals surface area (Å²) < 4.78 is 59.1. The first-order valence-corrected chi connectivity index (χ1v) is 14.2. The first kappa shape index (κ1) is 28.9. The van der Waals surface area contributed by atoms with Gasteiger partial charge in [0.25, 0.3) is 6.43 Å². The summed E-state index contributed by atoms with van der Waals surface area (Å²) in [5.41, 5.74) is 1.92. The molecule has 12 heteroatoms. The van der Waals surface area contributed by atoms with E-state index in [-0.39, 0.29) is 30.1 Å². The molecule has 2 aromatic heterocycles. The number of piperidine rings is 1. The zero-order valence-corrected chi connectivity index (χ0v) is 23.3. The number of imidazole rings is 1. The Hall–Kier alpha value is -4.16. The van der Waals surface area contributed by atoms with E-state index in [0.29, 0.717) is 24.5 Å². The third-order valence-corrected chi connectivity index (χ3v) is 7.83. The molecule has 2 saturated heterocycles. The zero-order chi connectivity index (χ0) is 29.9. The summed E-state index contributed by atoms with van der Waals surface area (Å²) in [7, 11) is 0. The fraction of sp³-hybridized carbons (Fsp3) is 0.387. The Morgan fingerprint density at radius 2 is 1.91 bits per heavy atom. The largest absolute Gasteiger partial charge is 0.490 e. The van der Waals surface area contributed by atoms with Crippen LogP contribution in [0.4, 0.5) is 13.2 Å². The van der Waals surface area contributed by atoms with Crippen LogP contribution < -0.4 is 9.47 Å². The van der Waals surface area contributed by atoms with Gasteiger partial charge < -0.3 is 23.9 Å². The van der Waals surface area contributed by atoms with Crippen molar-refractivity contribution in [2.24, 2.45) is 0 Å². The number of hydrogen-bond donors (Lipinski definition) is 1. The van der Waals surface area contributed by atoms with Crippen LogP contribution in [0.5, 0.6) is 11.5 Å². The normalized spacial score (nSPS) is 17.7. The Balaban J connectivity index is 1.05. The van der Waals surface area contributed by atoms with Gasteiger partial charge in [-0.25, -0.2) is 22.9 Å². The highest BCUT2D eigenvalue weighted by molar-refractivity contribution is 5.92. The summed E-state index contributed by atoms with van der Waals surface area (Å²) in [6, 6.07) is 11.6.